The Labute approximate surface area is 199 Å². The fraction of sp³-hybridized carbons (Fsp3) is 0.316. The molecule has 34 heavy (non-hydrogen) atoms. The highest BCUT2D eigenvalue weighted by molar-refractivity contribution is 7.92. The Morgan fingerprint density at radius 1 is 1.09 bits per heavy atom. The van der Waals surface area contributed by atoms with Crippen molar-refractivity contribution in [3.8, 4) is 11.4 Å². The molecule has 0 spiro atoms. The molecule has 4 amide bonds. The Kier molecular flexibility index (Phi) is 7.80. The van der Waals surface area contributed by atoms with Gasteiger partial charge in [-0.3, -0.25) is 10.6 Å². The van der Waals surface area contributed by atoms with Gasteiger partial charge < -0.3 is 14.6 Å². The SMILES string of the molecule is CNC(=O)Nc1cc(-c2noc(C)n2)cc(NC(=O)NS(=O)(=O)c2cc(C)c(CCOC)s2)n1. The lowest BCUT2D eigenvalue weighted by Crippen LogP contribution is -2.34. The molecule has 0 radical (unpaired) electrons. The zero-order chi connectivity index (χ0) is 24.9. The number of ether oxygens (including phenoxy) is 1. The molecule has 0 saturated heterocycles. The van der Waals surface area contributed by atoms with Crippen molar-refractivity contribution in [1.82, 2.24) is 25.2 Å². The summed E-state index contributed by atoms with van der Waals surface area (Å²) in [6.07, 6.45) is 0.558. The van der Waals surface area contributed by atoms with Gasteiger partial charge >= 0.3 is 12.1 Å². The Balaban J connectivity index is 1.81. The summed E-state index contributed by atoms with van der Waals surface area (Å²) in [6, 6.07) is 2.78. The van der Waals surface area contributed by atoms with Crippen LogP contribution in [-0.2, 0) is 21.2 Å². The number of amides is 4. The van der Waals surface area contributed by atoms with Gasteiger partial charge in [-0.25, -0.2) is 27.7 Å². The first-order valence-electron chi connectivity index (χ1n) is 9.85. The number of aromatic nitrogens is 3. The Hall–Kier alpha value is -3.56. The molecular weight excluding hydrogens is 486 g/mol. The minimum absolute atomic E-state index is 0.00259. The van der Waals surface area contributed by atoms with E-state index in [9.17, 15) is 18.0 Å². The average molecular weight is 510 g/mol. The van der Waals surface area contributed by atoms with Crippen molar-refractivity contribution in [3.63, 3.8) is 0 Å². The molecule has 0 aliphatic heterocycles. The van der Waals surface area contributed by atoms with Gasteiger partial charge in [0.05, 0.1) is 6.61 Å². The fourth-order valence-electron chi connectivity index (χ4n) is 2.76. The molecule has 3 aromatic rings. The van der Waals surface area contributed by atoms with Gasteiger partial charge in [-0.1, -0.05) is 5.16 Å². The summed E-state index contributed by atoms with van der Waals surface area (Å²) in [5, 5.41) is 11.0. The predicted molar refractivity (Wildman–Crippen MR) is 124 cm³/mol. The molecule has 15 heteroatoms. The van der Waals surface area contributed by atoms with Crippen LogP contribution >= 0.6 is 11.3 Å². The van der Waals surface area contributed by atoms with Crippen molar-refractivity contribution in [2.75, 3.05) is 31.4 Å². The van der Waals surface area contributed by atoms with Crippen LogP contribution in [0.25, 0.3) is 11.4 Å². The molecular formula is C19H23N7O6S2. The van der Waals surface area contributed by atoms with Crippen LogP contribution in [0.2, 0.25) is 0 Å². The summed E-state index contributed by atoms with van der Waals surface area (Å²) >= 11 is 1.06. The van der Waals surface area contributed by atoms with Crippen molar-refractivity contribution < 1.29 is 27.3 Å². The first-order valence-corrected chi connectivity index (χ1v) is 12.1. The predicted octanol–water partition coefficient (Wildman–Crippen LogP) is 2.26. The van der Waals surface area contributed by atoms with E-state index in [0.29, 0.717) is 24.5 Å². The maximum Gasteiger partial charge on any atom is 0.334 e. The molecule has 3 rings (SSSR count). The molecule has 0 unspecified atom stereocenters. The number of rotatable bonds is 8. The largest absolute Gasteiger partial charge is 0.384 e. The molecule has 182 valence electrons. The van der Waals surface area contributed by atoms with Crippen LogP contribution in [0.1, 0.15) is 16.3 Å². The van der Waals surface area contributed by atoms with Crippen molar-refractivity contribution >= 4 is 45.1 Å². The topological polar surface area (TPSA) is 177 Å². The van der Waals surface area contributed by atoms with Crippen LogP contribution in [0.3, 0.4) is 0 Å². The number of carbonyl (C=O) groups is 2. The number of aryl methyl sites for hydroxylation is 2. The van der Waals surface area contributed by atoms with Crippen molar-refractivity contribution in [3.05, 3.63) is 34.5 Å². The summed E-state index contributed by atoms with van der Waals surface area (Å²) in [5.41, 5.74) is 1.16. The second-order valence-corrected chi connectivity index (χ2v) is 9.99. The summed E-state index contributed by atoms with van der Waals surface area (Å²) in [5.74, 6) is 0.506. The van der Waals surface area contributed by atoms with Gasteiger partial charge in [0, 0.05) is 37.9 Å². The minimum atomic E-state index is -4.13. The Morgan fingerprint density at radius 2 is 1.76 bits per heavy atom. The number of thiophene rings is 1. The summed E-state index contributed by atoms with van der Waals surface area (Å²) in [6.45, 7) is 3.84. The molecule has 0 atom stereocenters. The van der Waals surface area contributed by atoms with Crippen LogP contribution in [0, 0.1) is 13.8 Å². The van der Waals surface area contributed by atoms with Crippen molar-refractivity contribution in [2.45, 2.75) is 24.5 Å². The van der Waals surface area contributed by atoms with E-state index in [-0.39, 0.29) is 21.7 Å². The van der Waals surface area contributed by atoms with Crippen LogP contribution in [-0.4, -0.2) is 56.4 Å². The number of carbonyl (C=O) groups excluding carboxylic acids is 2. The zero-order valence-corrected chi connectivity index (χ0v) is 20.4. The highest BCUT2D eigenvalue weighted by Gasteiger charge is 2.22. The number of hydrogen-bond acceptors (Lipinski definition) is 10. The van der Waals surface area contributed by atoms with Gasteiger partial charge in [0.25, 0.3) is 10.0 Å². The lowest BCUT2D eigenvalue weighted by Gasteiger charge is -2.10. The van der Waals surface area contributed by atoms with Crippen LogP contribution in [0.15, 0.2) is 26.9 Å². The van der Waals surface area contributed by atoms with E-state index in [4.69, 9.17) is 9.26 Å². The van der Waals surface area contributed by atoms with Gasteiger partial charge in [0.15, 0.2) is 0 Å². The lowest BCUT2D eigenvalue weighted by atomic mass is 10.2. The molecule has 4 N–H and O–H groups in total. The molecule has 0 saturated carbocycles. The smallest absolute Gasteiger partial charge is 0.334 e. The van der Waals surface area contributed by atoms with Gasteiger partial charge in [0.1, 0.15) is 15.8 Å². The van der Waals surface area contributed by atoms with Gasteiger partial charge in [0.2, 0.25) is 11.7 Å². The molecule has 0 aliphatic rings. The van der Waals surface area contributed by atoms with E-state index in [1.807, 2.05) is 4.72 Å². The number of pyridine rings is 1. The van der Waals surface area contributed by atoms with Crippen LogP contribution in [0.4, 0.5) is 21.2 Å². The fourth-order valence-corrected chi connectivity index (χ4v) is 5.24. The van der Waals surface area contributed by atoms with E-state index in [2.05, 4.69) is 31.1 Å². The maximum atomic E-state index is 12.7. The van der Waals surface area contributed by atoms with Gasteiger partial charge in [-0.05, 0) is 30.7 Å². The molecule has 0 aromatic carbocycles. The normalized spacial score (nSPS) is 11.2. The number of nitrogens with zero attached hydrogens (tertiary/aromatic N) is 3. The van der Waals surface area contributed by atoms with Crippen LogP contribution in [0.5, 0.6) is 0 Å². The Morgan fingerprint density at radius 3 is 2.35 bits per heavy atom. The maximum absolute atomic E-state index is 12.7. The van der Waals surface area contributed by atoms with Gasteiger partial charge in [-0.15, -0.1) is 11.3 Å². The molecule has 13 nitrogen and oxygen atoms in total. The number of anilines is 2. The average Bonchev–Trinajstić information content (AvgIpc) is 3.37. The third-order valence-electron chi connectivity index (χ3n) is 4.34. The van der Waals surface area contributed by atoms with Crippen molar-refractivity contribution in [1.29, 1.82) is 0 Å². The van der Waals surface area contributed by atoms with Crippen molar-refractivity contribution in [2.24, 2.45) is 0 Å². The van der Waals surface area contributed by atoms with E-state index in [1.165, 1.54) is 25.2 Å². The monoisotopic (exact) mass is 509 g/mol. The van der Waals surface area contributed by atoms with Crippen LogP contribution < -0.4 is 20.7 Å². The first kappa shape index (κ1) is 25.1. The zero-order valence-electron chi connectivity index (χ0n) is 18.8. The lowest BCUT2D eigenvalue weighted by molar-refractivity contribution is 0.203. The molecule has 0 aliphatic carbocycles. The summed E-state index contributed by atoms with van der Waals surface area (Å²) in [4.78, 5) is 33.3. The number of methoxy groups -OCH3 is 1. The Bertz CT molecular complexity index is 1300. The highest BCUT2D eigenvalue weighted by atomic mass is 32.2. The standard InChI is InChI=1S/C19H23N7O6S2/c1-10-7-16(33-13(10)5-6-31-4)34(29,30)26-19(28)24-15-9-12(17-21-11(2)32-25-17)8-14(22-15)23-18(27)20-3/h7-9H,5-6H2,1-4H3,(H4,20,22,23,24,26,27,28). The molecule has 0 bridgehead atoms. The molecule has 0 fully saturated rings. The third-order valence-corrected chi connectivity index (χ3v) is 7.45. The number of nitrogens with one attached hydrogen (secondary N) is 4. The van der Waals surface area contributed by atoms with E-state index in [0.717, 1.165) is 21.8 Å². The molecule has 3 aromatic heterocycles. The second-order valence-electron chi connectivity index (χ2n) is 6.94. The van der Waals surface area contributed by atoms with Gasteiger partial charge in [-0.2, -0.15) is 4.98 Å². The van der Waals surface area contributed by atoms with E-state index < -0.39 is 22.1 Å². The first-order chi connectivity index (χ1) is 16.1. The second kappa shape index (κ2) is 10.6. The quantitative estimate of drug-likeness (QED) is 0.354. The summed E-state index contributed by atoms with van der Waals surface area (Å²) in [7, 11) is -1.15. The molecule has 3 heterocycles. The number of sulfonamides is 1. The number of urea groups is 2. The summed E-state index contributed by atoms with van der Waals surface area (Å²) < 4.78 is 37.4. The van der Waals surface area contributed by atoms with E-state index >= 15 is 0 Å². The number of hydrogen-bond donors (Lipinski definition) is 4. The third kappa shape index (κ3) is 6.27. The highest BCUT2D eigenvalue weighted by Crippen LogP contribution is 2.27. The minimum Gasteiger partial charge on any atom is -0.384 e. The van der Waals surface area contributed by atoms with E-state index in [1.54, 1.807) is 21.0 Å².